The Morgan fingerprint density at radius 3 is 2.84 bits per heavy atom. The van der Waals surface area contributed by atoms with E-state index in [1.165, 1.54) is 26.7 Å². The van der Waals surface area contributed by atoms with Gasteiger partial charge in [0.2, 0.25) is 0 Å². The van der Waals surface area contributed by atoms with Crippen molar-refractivity contribution in [3.63, 3.8) is 0 Å². The number of carbonyl (C=O) groups is 2. The summed E-state index contributed by atoms with van der Waals surface area (Å²) in [7, 11) is 0. The third-order valence-corrected chi connectivity index (χ3v) is 9.58. The molecule has 3 rings (SSSR count). The molecule has 1 aliphatic rings. The monoisotopic (exact) mass is 480 g/mol. The number of thiophene rings is 1. The second kappa shape index (κ2) is 12.3. The minimum absolute atomic E-state index is 0.0364. The van der Waals surface area contributed by atoms with Crippen LogP contribution in [0.3, 0.4) is 0 Å². The van der Waals surface area contributed by atoms with Crippen molar-refractivity contribution >= 4 is 56.7 Å². The van der Waals surface area contributed by atoms with E-state index in [-0.39, 0.29) is 23.0 Å². The summed E-state index contributed by atoms with van der Waals surface area (Å²) in [5, 5.41) is 20.5. The summed E-state index contributed by atoms with van der Waals surface area (Å²) in [4.78, 5) is 24.5. The van der Waals surface area contributed by atoms with Gasteiger partial charge in [0.1, 0.15) is 5.78 Å². The number of carboxylic acid groups (broad SMARTS) is 1. The van der Waals surface area contributed by atoms with Gasteiger partial charge in [0.25, 0.3) is 0 Å². The number of hydrogen-bond acceptors (Lipinski definition) is 6. The van der Waals surface area contributed by atoms with E-state index in [0.717, 1.165) is 50.0 Å². The Morgan fingerprint density at radius 2 is 2.06 bits per heavy atom. The van der Waals surface area contributed by atoms with Crippen LogP contribution in [0.4, 0.5) is 0 Å². The van der Waals surface area contributed by atoms with Crippen molar-refractivity contribution < 1.29 is 19.8 Å². The van der Waals surface area contributed by atoms with E-state index >= 15 is 0 Å². The number of aliphatic hydroxyl groups excluding tert-OH is 1. The highest BCUT2D eigenvalue weighted by atomic mass is 32.2. The van der Waals surface area contributed by atoms with Crippen LogP contribution in [0.15, 0.2) is 30.3 Å². The number of thioether (sulfide) groups is 2. The summed E-state index contributed by atoms with van der Waals surface area (Å²) < 4.78 is 1.30. The SMILES string of the molecule is C[C@@H]1C[C@H](CCC(O)CCc2cc3ccccc3s2)[C@@H](SCCCSCC(=O)O)C1=O. The number of aliphatic hydroxyl groups is 1. The zero-order valence-corrected chi connectivity index (χ0v) is 20.4. The molecule has 170 valence electrons. The van der Waals surface area contributed by atoms with E-state index in [1.54, 1.807) is 23.1 Å². The smallest absolute Gasteiger partial charge is 0.313 e. The zero-order chi connectivity index (χ0) is 22.2. The van der Waals surface area contributed by atoms with Gasteiger partial charge in [0.15, 0.2) is 0 Å². The Labute approximate surface area is 197 Å². The molecule has 0 spiro atoms. The van der Waals surface area contributed by atoms with Crippen LogP contribution >= 0.6 is 34.9 Å². The fourth-order valence-corrected chi connectivity index (χ4v) is 7.66. The van der Waals surface area contributed by atoms with Gasteiger partial charge in [0.05, 0.1) is 17.1 Å². The molecule has 1 aliphatic carbocycles. The summed E-state index contributed by atoms with van der Waals surface area (Å²) in [6.07, 6.45) is 4.83. The van der Waals surface area contributed by atoms with Crippen LogP contribution in [-0.4, -0.2) is 50.6 Å². The first-order valence-electron chi connectivity index (χ1n) is 11.0. The lowest BCUT2D eigenvalue weighted by Gasteiger charge is -2.19. The first-order valence-corrected chi connectivity index (χ1v) is 14.1. The van der Waals surface area contributed by atoms with E-state index in [2.05, 4.69) is 30.3 Å². The summed E-state index contributed by atoms with van der Waals surface area (Å²) >= 11 is 4.98. The summed E-state index contributed by atoms with van der Waals surface area (Å²) in [5.74, 6) is 1.89. The van der Waals surface area contributed by atoms with Crippen molar-refractivity contribution in [3.8, 4) is 0 Å². The number of aliphatic carboxylic acids is 1. The van der Waals surface area contributed by atoms with Crippen molar-refractivity contribution in [1.82, 2.24) is 0 Å². The topological polar surface area (TPSA) is 74.6 Å². The molecule has 1 aromatic heterocycles. The molecule has 0 amide bonds. The molecule has 4 atom stereocenters. The molecule has 1 aromatic carbocycles. The van der Waals surface area contributed by atoms with Crippen molar-refractivity contribution in [2.24, 2.45) is 11.8 Å². The molecule has 1 unspecified atom stereocenters. The molecule has 4 nitrogen and oxygen atoms in total. The van der Waals surface area contributed by atoms with Crippen molar-refractivity contribution in [2.45, 2.75) is 56.8 Å². The Bertz CT molecular complexity index is 832. The molecule has 7 heteroatoms. The average molecular weight is 481 g/mol. The van der Waals surface area contributed by atoms with Crippen LogP contribution in [0.1, 0.15) is 43.9 Å². The number of carboxylic acids is 1. The van der Waals surface area contributed by atoms with Gasteiger partial charge in [0, 0.05) is 15.5 Å². The van der Waals surface area contributed by atoms with Gasteiger partial charge in [-0.3, -0.25) is 9.59 Å². The molecule has 2 aromatic rings. The van der Waals surface area contributed by atoms with Crippen LogP contribution in [0, 0.1) is 11.8 Å². The van der Waals surface area contributed by atoms with Crippen LogP contribution in [0.25, 0.3) is 10.1 Å². The number of fused-ring (bicyclic) bond motifs is 1. The summed E-state index contributed by atoms with van der Waals surface area (Å²) in [6.45, 7) is 2.02. The third kappa shape index (κ3) is 7.52. The molecule has 1 fully saturated rings. The number of benzene rings is 1. The van der Waals surface area contributed by atoms with Crippen LogP contribution in [-0.2, 0) is 16.0 Å². The summed E-state index contributed by atoms with van der Waals surface area (Å²) in [6, 6.07) is 10.6. The lowest BCUT2D eigenvalue weighted by atomic mass is 9.96. The second-order valence-corrected chi connectivity index (χ2v) is 11.9. The number of ketones is 1. The first-order chi connectivity index (χ1) is 14.9. The lowest BCUT2D eigenvalue weighted by Crippen LogP contribution is -2.21. The van der Waals surface area contributed by atoms with Crippen molar-refractivity contribution in [3.05, 3.63) is 35.2 Å². The molecule has 0 saturated heterocycles. The third-order valence-electron chi connectivity index (χ3n) is 5.88. The van der Waals surface area contributed by atoms with Gasteiger partial charge in [-0.2, -0.15) is 23.5 Å². The van der Waals surface area contributed by atoms with E-state index in [4.69, 9.17) is 5.11 Å². The largest absolute Gasteiger partial charge is 0.481 e. The highest BCUT2D eigenvalue weighted by Gasteiger charge is 2.39. The van der Waals surface area contributed by atoms with Crippen LogP contribution in [0.5, 0.6) is 0 Å². The molecule has 1 heterocycles. The predicted molar refractivity (Wildman–Crippen MR) is 133 cm³/mol. The molecule has 31 heavy (non-hydrogen) atoms. The Hall–Kier alpha value is -1.02. The summed E-state index contributed by atoms with van der Waals surface area (Å²) in [5.41, 5.74) is 0. The Kier molecular flexibility index (Phi) is 9.75. The molecule has 2 N–H and O–H groups in total. The molecular formula is C24H32O4S3. The standard InChI is InChI=1S/C24H32O4S3/c1-16-13-18(24(23(16)28)30-12-4-11-29-15-22(26)27)7-8-19(25)9-10-20-14-17-5-2-3-6-21(17)31-20/h2-3,5-6,14,16,18-19,24-25H,4,7-13,15H2,1H3,(H,26,27)/t16-,18+,19?,24-/m1/s1. The Morgan fingerprint density at radius 1 is 1.26 bits per heavy atom. The predicted octanol–water partition coefficient (Wildman–Crippen LogP) is 5.51. The molecule has 1 saturated carbocycles. The van der Waals surface area contributed by atoms with Gasteiger partial charge in [-0.05, 0) is 73.5 Å². The normalized spacial score (nSPS) is 22.3. The van der Waals surface area contributed by atoms with Crippen molar-refractivity contribution in [1.29, 1.82) is 0 Å². The van der Waals surface area contributed by atoms with Gasteiger partial charge < -0.3 is 10.2 Å². The number of aryl methyl sites for hydroxylation is 1. The zero-order valence-electron chi connectivity index (χ0n) is 18.0. The van der Waals surface area contributed by atoms with Gasteiger partial charge in [-0.1, -0.05) is 25.1 Å². The number of rotatable bonds is 13. The maximum atomic E-state index is 12.6. The van der Waals surface area contributed by atoms with Gasteiger partial charge in [-0.25, -0.2) is 0 Å². The fraction of sp³-hybridized carbons (Fsp3) is 0.583. The number of carbonyl (C=O) groups excluding carboxylic acids is 1. The van der Waals surface area contributed by atoms with E-state index in [9.17, 15) is 14.7 Å². The quantitative estimate of drug-likeness (QED) is 0.368. The molecule has 0 radical (unpaired) electrons. The minimum atomic E-state index is -0.775. The van der Waals surface area contributed by atoms with Crippen LogP contribution < -0.4 is 0 Å². The van der Waals surface area contributed by atoms with Crippen molar-refractivity contribution in [2.75, 3.05) is 17.3 Å². The molecule has 0 aliphatic heterocycles. The van der Waals surface area contributed by atoms with Crippen LogP contribution in [0.2, 0.25) is 0 Å². The molecular weight excluding hydrogens is 448 g/mol. The fourth-order valence-electron chi connectivity index (χ4n) is 4.24. The van der Waals surface area contributed by atoms with E-state index in [1.807, 2.05) is 6.92 Å². The number of Topliss-reactive ketones (excluding diaryl/α,β-unsaturated/α-hetero) is 1. The number of hydrogen-bond donors (Lipinski definition) is 2. The maximum absolute atomic E-state index is 12.6. The van der Waals surface area contributed by atoms with Gasteiger partial charge >= 0.3 is 5.97 Å². The van der Waals surface area contributed by atoms with E-state index in [0.29, 0.717) is 11.7 Å². The second-order valence-electron chi connectivity index (χ2n) is 8.41. The minimum Gasteiger partial charge on any atom is -0.481 e. The average Bonchev–Trinajstić information content (AvgIpc) is 3.28. The first kappa shape index (κ1) is 24.6. The van der Waals surface area contributed by atoms with Gasteiger partial charge in [-0.15, -0.1) is 11.3 Å². The highest BCUT2D eigenvalue weighted by Crippen LogP contribution is 2.39. The highest BCUT2D eigenvalue weighted by molar-refractivity contribution is 8.01. The lowest BCUT2D eigenvalue weighted by molar-refractivity contribution is -0.133. The van der Waals surface area contributed by atoms with E-state index < -0.39 is 5.97 Å². The maximum Gasteiger partial charge on any atom is 0.313 e. The Balaban J connectivity index is 1.39. The molecule has 0 bridgehead atoms.